The van der Waals surface area contributed by atoms with Gasteiger partial charge >= 0.3 is 5.97 Å². The molecule has 0 aromatic heterocycles. The van der Waals surface area contributed by atoms with Gasteiger partial charge in [-0.15, -0.1) is 23.2 Å². The fraction of sp³-hybridized carbons (Fsp3) is 0.611. The first kappa shape index (κ1) is 20.1. The topological polar surface area (TPSA) is 40.5 Å². The average molecular weight is 360 g/mol. The molecule has 130 valence electrons. The average Bonchev–Trinajstić information content (AvgIpc) is 2.54. The largest absolute Gasteiger partial charge is 0.481 e. The molecular formula is C18H27Cl2NO2. The molecular weight excluding hydrogens is 333 g/mol. The predicted octanol–water partition coefficient (Wildman–Crippen LogP) is 4.94. The van der Waals surface area contributed by atoms with Crippen LogP contribution in [0.4, 0.5) is 5.69 Å². The van der Waals surface area contributed by atoms with E-state index in [1.54, 1.807) is 0 Å². The standard InChI is InChI=1S/C18H27Cl2NO2/c19-12-14-21(15-13-20)17-10-8-16(9-11-17)6-4-2-1-3-5-7-18(22)23/h8-11H,1-7,12-15H2,(H,22,23). The van der Waals surface area contributed by atoms with Gasteiger partial charge in [0.1, 0.15) is 0 Å². The van der Waals surface area contributed by atoms with E-state index < -0.39 is 5.97 Å². The Morgan fingerprint density at radius 3 is 2.04 bits per heavy atom. The number of carboxylic acids is 1. The molecule has 0 radical (unpaired) electrons. The van der Waals surface area contributed by atoms with Crippen LogP contribution in [0.25, 0.3) is 0 Å². The highest BCUT2D eigenvalue weighted by Gasteiger charge is 2.05. The first-order valence-corrected chi connectivity index (χ1v) is 9.42. The molecule has 5 heteroatoms. The second-order valence-corrected chi connectivity index (χ2v) is 6.45. The Kier molecular flexibility index (Phi) is 10.9. The first-order valence-electron chi connectivity index (χ1n) is 8.35. The molecule has 0 atom stereocenters. The van der Waals surface area contributed by atoms with Crippen LogP contribution in [0.3, 0.4) is 0 Å². The number of carboxylic acid groups (broad SMARTS) is 1. The molecule has 0 spiro atoms. The van der Waals surface area contributed by atoms with Gasteiger partial charge in [0, 0.05) is 37.0 Å². The normalized spacial score (nSPS) is 10.7. The number of nitrogens with zero attached hydrogens (tertiary/aromatic N) is 1. The van der Waals surface area contributed by atoms with Crippen LogP contribution in [-0.4, -0.2) is 35.9 Å². The van der Waals surface area contributed by atoms with Crippen LogP contribution in [0, 0.1) is 0 Å². The van der Waals surface area contributed by atoms with Gasteiger partial charge in [0.25, 0.3) is 0 Å². The Bertz CT molecular complexity index is 431. The van der Waals surface area contributed by atoms with Gasteiger partial charge in [0.15, 0.2) is 0 Å². The van der Waals surface area contributed by atoms with Crippen LogP contribution in [0.2, 0.25) is 0 Å². The Labute approximate surface area is 149 Å². The monoisotopic (exact) mass is 359 g/mol. The molecule has 0 heterocycles. The van der Waals surface area contributed by atoms with Crippen molar-refractivity contribution in [1.82, 2.24) is 0 Å². The van der Waals surface area contributed by atoms with Crippen LogP contribution in [0.5, 0.6) is 0 Å². The summed E-state index contributed by atoms with van der Waals surface area (Å²) >= 11 is 11.7. The number of anilines is 1. The maximum absolute atomic E-state index is 10.4. The van der Waals surface area contributed by atoms with Gasteiger partial charge in [-0.25, -0.2) is 0 Å². The highest BCUT2D eigenvalue weighted by molar-refractivity contribution is 6.18. The third-order valence-electron chi connectivity index (χ3n) is 3.87. The number of unbranched alkanes of at least 4 members (excludes halogenated alkanes) is 4. The van der Waals surface area contributed by atoms with Crippen molar-refractivity contribution in [3.63, 3.8) is 0 Å². The molecule has 0 unspecified atom stereocenters. The Balaban J connectivity index is 2.26. The van der Waals surface area contributed by atoms with Gasteiger partial charge in [0.2, 0.25) is 0 Å². The number of carbonyl (C=O) groups is 1. The van der Waals surface area contributed by atoms with Crippen LogP contribution in [-0.2, 0) is 11.2 Å². The fourth-order valence-electron chi connectivity index (χ4n) is 2.58. The molecule has 1 aromatic rings. The molecule has 0 fully saturated rings. The molecule has 1 aromatic carbocycles. The van der Waals surface area contributed by atoms with Gasteiger partial charge in [-0.2, -0.15) is 0 Å². The lowest BCUT2D eigenvalue weighted by atomic mass is 10.0. The lowest BCUT2D eigenvalue weighted by Crippen LogP contribution is -2.27. The van der Waals surface area contributed by atoms with Crippen LogP contribution in [0.15, 0.2) is 24.3 Å². The number of alkyl halides is 2. The van der Waals surface area contributed by atoms with Crippen molar-refractivity contribution in [2.75, 3.05) is 29.7 Å². The van der Waals surface area contributed by atoms with E-state index in [0.29, 0.717) is 18.2 Å². The quantitative estimate of drug-likeness (QED) is 0.400. The second-order valence-electron chi connectivity index (χ2n) is 5.69. The van der Waals surface area contributed by atoms with Crippen molar-refractivity contribution in [1.29, 1.82) is 0 Å². The molecule has 0 bridgehead atoms. The molecule has 0 aliphatic carbocycles. The van der Waals surface area contributed by atoms with E-state index in [-0.39, 0.29) is 0 Å². The molecule has 0 saturated carbocycles. The van der Waals surface area contributed by atoms with Gasteiger partial charge < -0.3 is 10.0 Å². The third-order valence-corrected chi connectivity index (χ3v) is 4.20. The number of benzene rings is 1. The third kappa shape index (κ3) is 9.07. The Morgan fingerprint density at radius 2 is 1.48 bits per heavy atom. The molecule has 23 heavy (non-hydrogen) atoms. The summed E-state index contributed by atoms with van der Waals surface area (Å²) < 4.78 is 0. The zero-order chi connectivity index (χ0) is 16.9. The Morgan fingerprint density at radius 1 is 0.913 bits per heavy atom. The van der Waals surface area contributed by atoms with Gasteiger partial charge in [-0.3, -0.25) is 4.79 Å². The minimum atomic E-state index is -0.692. The highest BCUT2D eigenvalue weighted by Crippen LogP contribution is 2.17. The molecule has 0 aliphatic rings. The minimum absolute atomic E-state index is 0.294. The molecule has 3 nitrogen and oxygen atoms in total. The summed E-state index contributed by atoms with van der Waals surface area (Å²) in [4.78, 5) is 12.6. The van der Waals surface area contributed by atoms with E-state index in [1.165, 1.54) is 11.3 Å². The van der Waals surface area contributed by atoms with Crippen LogP contribution >= 0.6 is 23.2 Å². The van der Waals surface area contributed by atoms with Crippen molar-refractivity contribution in [3.05, 3.63) is 29.8 Å². The first-order chi connectivity index (χ1) is 11.2. The minimum Gasteiger partial charge on any atom is -0.481 e. The summed E-state index contributed by atoms with van der Waals surface area (Å²) in [5.41, 5.74) is 2.51. The number of hydrogen-bond acceptors (Lipinski definition) is 2. The van der Waals surface area contributed by atoms with E-state index >= 15 is 0 Å². The van der Waals surface area contributed by atoms with Gasteiger partial charge in [0.05, 0.1) is 0 Å². The van der Waals surface area contributed by atoms with Crippen molar-refractivity contribution in [2.45, 2.75) is 44.9 Å². The van der Waals surface area contributed by atoms with Gasteiger partial charge in [-0.05, 0) is 37.0 Å². The maximum atomic E-state index is 10.4. The number of aryl methyl sites for hydroxylation is 1. The maximum Gasteiger partial charge on any atom is 0.303 e. The fourth-order valence-corrected chi connectivity index (χ4v) is 2.99. The SMILES string of the molecule is O=C(O)CCCCCCCc1ccc(N(CCCl)CCCl)cc1. The number of aliphatic carboxylic acids is 1. The van der Waals surface area contributed by atoms with Crippen LogP contribution in [0.1, 0.15) is 44.1 Å². The van der Waals surface area contributed by atoms with Gasteiger partial charge in [-0.1, -0.05) is 31.4 Å². The van der Waals surface area contributed by atoms with Crippen LogP contribution < -0.4 is 4.90 Å². The summed E-state index contributed by atoms with van der Waals surface area (Å²) in [6.45, 7) is 1.62. The van der Waals surface area contributed by atoms with E-state index in [0.717, 1.165) is 51.6 Å². The molecule has 0 saturated heterocycles. The highest BCUT2D eigenvalue weighted by atomic mass is 35.5. The Hall–Kier alpha value is -0.930. The molecule has 1 rings (SSSR count). The van der Waals surface area contributed by atoms with E-state index in [9.17, 15) is 4.79 Å². The van der Waals surface area contributed by atoms with Crippen molar-refractivity contribution in [3.8, 4) is 0 Å². The zero-order valence-electron chi connectivity index (χ0n) is 13.6. The summed E-state index contributed by atoms with van der Waals surface area (Å²) in [5, 5.41) is 8.58. The lowest BCUT2D eigenvalue weighted by Gasteiger charge is -2.23. The van der Waals surface area contributed by atoms with Crippen molar-refractivity contribution in [2.24, 2.45) is 0 Å². The molecule has 0 amide bonds. The predicted molar refractivity (Wildman–Crippen MR) is 99.1 cm³/mol. The summed E-state index contributed by atoms with van der Waals surface area (Å²) in [6.07, 6.45) is 6.60. The zero-order valence-corrected chi connectivity index (χ0v) is 15.2. The van der Waals surface area contributed by atoms with Crippen molar-refractivity contribution < 1.29 is 9.90 Å². The van der Waals surface area contributed by atoms with E-state index in [4.69, 9.17) is 28.3 Å². The lowest BCUT2D eigenvalue weighted by molar-refractivity contribution is -0.137. The molecule has 1 N–H and O–H groups in total. The van der Waals surface area contributed by atoms with E-state index in [1.807, 2.05) is 0 Å². The smallest absolute Gasteiger partial charge is 0.303 e. The van der Waals surface area contributed by atoms with Crippen molar-refractivity contribution >= 4 is 34.9 Å². The summed E-state index contributed by atoms with van der Waals surface area (Å²) in [5.74, 6) is 0.503. The molecule has 0 aliphatic heterocycles. The summed E-state index contributed by atoms with van der Waals surface area (Å²) in [7, 11) is 0. The summed E-state index contributed by atoms with van der Waals surface area (Å²) in [6, 6.07) is 8.63. The number of rotatable bonds is 13. The van der Waals surface area contributed by atoms with E-state index in [2.05, 4.69) is 29.2 Å². The number of hydrogen-bond donors (Lipinski definition) is 1. The number of halogens is 2. The second kappa shape index (κ2) is 12.5.